The van der Waals surface area contributed by atoms with Crippen LogP contribution in [0.4, 0.5) is 0 Å². The van der Waals surface area contributed by atoms with Crippen molar-refractivity contribution in [3.8, 4) is 0 Å². The molecule has 98 valence electrons. The fraction of sp³-hybridized carbons (Fsp3) is 0.583. The van der Waals surface area contributed by atoms with E-state index < -0.39 is 0 Å². The van der Waals surface area contributed by atoms with Gasteiger partial charge in [-0.05, 0) is 6.92 Å². The maximum absolute atomic E-state index is 4.37. The van der Waals surface area contributed by atoms with Gasteiger partial charge in [0.2, 0.25) is 0 Å². The van der Waals surface area contributed by atoms with E-state index in [2.05, 4.69) is 38.8 Å². The van der Waals surface area contributed by atoms with Crippen LogP contribution in [0.5, 0.6) is 0 Å². The minimum absolute atomic E-state index is 0.462. The fourth-order valence-corrected chi connectivity index (χ4v) is 1.79. The summed E-state index contributed by atoms with van der Waals surface area (Å²) in [4.78, 5) is 8.62. The molecule has 1 N–H and O–H groups in total. The van der Waals surface area contributed by atoms with E-state index in [1.54, 1.807) is 11.0 Å². The molecule has 2 heterocycles. The van der Waals surface area contributed by atoms with Gasteiger partial charge < -0.3 is 9.88 Å². The van der Waals surface area contributed by atoms with E-state index in [0.29, 0.717) is 12.6 Å². The zero-order valence-electron chi connectivity index (χ0n) is 11.4. The molecule has 2 aromatic rings. The van der Waals surface area contributed by atoms with Crippen LogP contribution in [0.1, 0.15) is 31.2 Å². The number of aryl methyl sites for hydroxylation is 2. The summed E-state index contributed by atoms with van der Waals surface area (Å²) < 4.78 is 3.96. The molecule has 0 aliphatic rings. The summed E-state index contributed by atoms with van der Waals surface area (Å²) in [6, 6.07) is 0.462. The number of nitrogens with zero attached hydrogens (tertiary/aromatic N) is 5. The molecule has 0 saturated carbocycles. The Kier molecular flexibility index (Phi) is 3.76. The molecule has 2 aromatic heterocycles. The van der Waals surface area contributed by atoms with Crippen LogP contribution in [0.2, 0.25) is 0 Å². The quantitative estimate of drug-likeness (QED) is 0.853. The van der Waals surface area contributed by atoms with E-state index in [1.807, 2.05) is 20.2 Å². The monoisotopic (exact) mass is 248 g/mol. The van der Waals surface area contributed by atoms with Crippen LogP contribution < -0.4 is 5.32 Å². The van der Waals surface area contributed by atoms with E-state index in [1.165, 1.54) is 5.69 Å². The minimum Gasteiger partial charge on any atom is -0.323 e. The van der Waals surface area contributed by atoms with Crippen molar-refractivity contribution in [2.24, 2.45) is 7.05 Å². The molecule has 0 atom stereocenters. The van der Waals surface area contributed by atoms with Crippen molar-refractivity contribution in [2.75, 3.05) is 0 Å². The highest BCUT2D eigenvalue weighted by Gasteiger charge is 2.10. The Bertz CT molecular complexity index is 510. The average Bonchev–Trinajstić information content (AvgIpc) is 2.86. The number of aromatic nitrogens is 5. The van der Waals surface area contributed by atoms with Gasteiger partial charge in [0.05, 0.1) is 12.2 Å². The zero-order valence-corrected chi connectivity index (χ0v) is 11.4. The Morgan fingerprint density at radius 1 is 1.33 bits per heavy atom. The van der Waals surface area contributed by atoms with Crippen LogP contribution in [0.25, 0.3) is 0 Å². The highest BCUT2D eigenvalue weighted by atomic mass is 15.3. The van der Waals surface area contributed by atoms with Gasteiger partial charge >= 0.3 is 0 Å². The van der Waals surface area contributed by atoms with Gasteiger partial charge in [-0.1, -0.05) is 13.8 Å². The molecule has 0 radical (unpaired) electrons. The fourth-order valence-electron chi connectivity index (χ4n) is 1.79. The predicted octanol–water partition coefficient (Wildman–Crippen LogP) is 0.866. The standard InChI is InChI=1S/C12H20N6/c1-9(2)13-5-11-6-14-10(3)18(11)7-12-15-8-16-17(12)4/h6,8-9,13H,5,7H2,1-4H3. The van der Waals surface area contributed by atoms with Gasteiger partial charge in [0, 0.05) is 25.8 Å². The first-order chi connectivity index (χ1) is 8.58. The van der Waals surface area contributed by atoms with Crippen molar-refractivity contribution >= 4 is 0 Å². The normalized spacial score (nSPS) is 11.4. The van der Waals surface area contributed by atoms with Crippen LogP contribution in [-0.4, -0.2) is 30.4 Å². The molecular weight excluding hydrogens is 228 g/mol. The Hall–Kier alpha value is -1.69. The molecule has 0 bridgehead atoms. The van der Waals surface area contributed by atoms with E-state index in [9.17, 15) is 0 Å². The molecule has 0 aliphatic heterocycles. The van der Waals surface area contributed by atoms with Gasteiger partial charge in [0.1, 0.15) is 18.0 Å². The largest absolute Gasteiger partial charge is 0.323 e. The Morgan fingerprint density at radius 3 is 2.72 bits per heavy atom. The SMILES string of the molecule is Cc1ncc(CNC(C)C)n1Cc1ncnn1C. The summed E-state index contributed by atoms with van der Waals surface area (Å²) >= 11 is 0. The van der Waals surface area contributed by atoms with Gasteiger partial charge in [-0.3, -0.25) is 4.68 Å². The second-order valence-electron chi connectivity index (χ2n) is 4.72. The third-order valence-electron chi connectivity index (χ3n) is 2.93. The van der Waals surface area contributed by atoms with Gasteiger partial charge in [0.15, 0.2) is 0 Å². The first-order valence-electron chi connectivity index (χ1n) is 6.15. The smallest absolute Gasteiger partial charge is 0.146 e. The lowest BCUT2D eigenvalue weighted by molar-refractivity contribution is 0.552. The molecule has 0 aliphatic carbocycles. The van der Waals surface area contributed by atoms with Crippen LogP contribution in [0.15, 0.2) is 12.5 Å². The number of hydrogen-bond donors (Lipinski definition) is 1. The van der Waals surface area contributed by atoms with Gasteiger partial charge in [0.25, 0.3) is 0 Å². The Labute approximate surface area is 107 Å². The molecule has 6 nitrogen and oxygen atoms in total. The third-order valence-corrected chi connectivity index (χ3v) is 2.93. The second kappa shape index (κ2) is 5.30. The summed E-state index contributed by atoms with van der Waals surface area (Å²) in [5.41, 5.74) is 1.17. The maximum Gasteiger partial charge on any atom is 0.146 e. The lowest BCUT2D eigenvalue weighted by atomic mass is 10.3. The molecule has 2 rings (SSSR count). The van der Waals surface area contributed by atoms with Gasteiger partial charge in [-0.25, -0.2) is 9.97 Å². The topological polar surface area (TPSA) is 60.6 Å². The van der Waals surface area contributed by atoms with Crippen molar-refractivity contribution in [1.82, 2.24) is 29.6 Å². The zero-order chi connectivity index (χ0) is 13.1. The number of nitrogens with one attached hydrogen (secondary N) is 1. The summed E-state index contributed by atoms with van der Waals surface area (Å²) in [5, 5.41) is 7.49. The number of rotatable bonds is 5. The molecule has 18 heavy (non-hydrogen) atoms. The Morgan fingerprint density at radius 2 is 2.11 bits per heavy atom. The second-order valence-corrected chi connectivity index (χ2v) is 4.72. The average molecular weight is 248 g/mol. The predicted molar refractivity (Wildman–Crippen MR) is 69.0 cm³/mol. The molecule has 0 unspecified atom stereocenters. The van der Waals surface area contributed by atoms with Crippen molar-refractivity contribution in [2.45, 2.75) is 39.9 Å². The third kappa shape index (κ3) is 2.76. The van der Waals surface area contributed by atoms with Crippen molar-refractivity contribution < 1.29 is 0 Å². The Balaban J connectivity index is 2.16. The molecule has 0 spiro atoms. The molecular formula is C12H20N6. The van der Waals surface area contributed by atoms with Crippen LogP contribution >= 0.6 is 0 Å². The summed E-state index contributed by atoms with van der Waals surface area (Å²) in [5.74, 6) is 1.93. The summed E-state index contributed by atoms with van der Waals surface area (Å²) in [6.45, 7) is 7.80. The molecule has 0 amide bonds. The van der Waals surface area contributed by atoms with Crippen molar-refractivity contribution in [1.29, 1.82) is 0 Å². The van der Waals surface area contributed by atoms with Gasteiger partial charge in [-0.15, -0.1) is 0 Å². The van der Waals surface area contributed by atoms with E-state index in [4.69, 9.17) is 0 Å². The molecule has 0 saturated heterocycles. The maximum atomic E-state index is 4.37. The van der Waals surface area contributed by atoms with Crippen LogP contribution in [-0.2, 0) is 20.1 Å². The lowest BCUT2D eigenvalue weighted by Gasteiger charge is -2.12. The van der Waals surface area contributed by atoms with Crippen LogP contribution in [0, 0.1) is 6.92 Å². The van der Waals surface area contributed by atoms with E-state index in [-0.39, 0.29) is 0 Å². The first-order valence-corrected chi connectivity index (χ1v) is 6.15. The highest BCUT2D eigenvalue weighted by Crippen LogP contribution is 2.08. The van der Waals surface area contributed by atoms with Crippen molar-refractivity contribution in [3.05, 3.63) is 29.9 Å². The molecule has 0 fully saturated rings. The van der Waals surface area contributed by atoms with E-state index in [0.717, 1.165) is 18.2 Å². The summed E-state index contributed by atoms with van der Waals surface area (Å²) in [6.07, 6.45) is 3.49. The number of imidazole rings is 1. The first kappa shape index (κ1) is 12.8. The van der Waals surface area contributed by atoms with Crippen LogP contribution in [0.3, 0.4) is 0 Å². The molecule has 6 heteroatoms. The van der Waals surface area contributed by atoms with E-state index >= 15 is 0 Å². The lowest BCUT2D eigenvalue weighted by Crippen LogP contribution is -2.24. The van der Waals surface area contributed by atoms with Crippen molar-refractivity contribution in [3.63, 3.8) is 0 Å². The molecule has 0 aromatic carbocycles. The summed E-state index contributed by atoms with van der Waals surface area (Å²) in [7, 11) is 1.90. The number of hydrogen-bond acceptors (Lipinski definition) is 4. The highest BCUT2D eigenvalue weighted by molar-refractivity contribution is 5.07. The minimum atomic E-state index is 0.462. The van der Waals surface area contributed by atoms with Gasteiger partial charge in [-0.2, -0.15) is 5.10 Å².